The zero-order chi connectivity index (χ0) is 10.8. The average Bonchev–Trinajstić information content (AvgIpc) is 2.93. The smallest absolute Gasteiger partial charge is 0.306 e. The Balaban J connectivity index is 1.75. The molecule has 3 nitrogen and oxygen atoms in total. The van der Waals surface area contributed by atoms with Gasteiger partial charge in [0.05, 0.1) is 5.92 Å². The van der Waals surface area contributed by atoms with E-state index in [0.717, 1.165) is 31.7 Å². The van der Waals surface area contributed by atoms with Gasteiger partial charge in [0, 0.05) is 6.04 Å². The minimum atomic E-state index is -0.599. The molecule has 2 saturated carbocycles. The quantitative estimate of drug-likeness (QED) is 0.730. The van der Waals surface area contributed by atoms with E-state index in [1.54, 1.807) is 0 Å². The summed E-state index contributed by atoms with van der Waals surface area (Å²) in [6, 6.07) is 0.583. The summed E-state index contributed by atoms with van der Waals surface area (Å²) in [7, 11) is 0. The SMILES string of the molecule is CC(NCC1CCCC1C(=O)O)C1CC1. The molecule has 86 valence electrons. The van der Waals surface area contributed by atoms with Crippen LogP contribution in [0.15, 0.2) is 0 Å². The second-order valence-corrected chi connectivity index (χ2v) is 5.17. The molecule has 0 aromatic heterocycles. The van der Waals surface area contributed by atoms with Crippen molar-refractivity contribution in [1.82, 2.24) is 5.32 Å². The molecule has 0 aromatic rings. The fourth-order valence-corrected chi connectivity index (χ4v) is 2.71. The van der Waals surface area contributed by atoms with Crippen molar-refractivity contribution in [2.24, 2.45) is 17.8 Å². The summed E-state index contributed by atoms with van der Waals surface area (Å²) in [5, 5.41) is 12.6. The average molecular weight is 211 g/mol. The zero-order valence-electron chi connectivity index (χ0n) is 9.41. The van der Waals surface area contributed by atoms with Crippen LogP contribution in [0.3, 0.4) is 0 Å². The Hall–Kier alpha value is -0.570. The third kappa shape index (κ3) is 2.71. The van der Waals surface area contributed by atoms with Gasteiger partial charge in [-0.3, -0.25) is 4.79 Å². The summed E-state index contributed by atoms with van der Waals surface area (Å²) < 4.78 is 0. The fourth-order valence-electron chi connectivity index (χ4n) is 2.71. The Morgan fingerprint density at radius 2 is 2.13 bits per heavy atom. The fraction of sp³-hybridized carbons (Fsp3) is 0.917. The van der Waals surface area contributed by atoms with Crippen molar-refractivity contribution in [2.45, 2.75) is 45.1 Å². The molecule has 2 aliphatic rings. The van der Waals surface area contributed by atoms with E-state index in [1.807, 2.05) is 0 Å². The number of carboxylic acids is 1. The van der Waals surface area contributed by atoms with Gasteiger partial charge in [-0.15, -0.1) is 0 Å². The van der Waals surface area contributed by atoms with Crippen LogP contribution in [0, 0.1) is 17.8 Å². The molecule has 0 saturated heterocycles. The molecule has 0 aliphatic heterocycles. The van der Waals surface area contributed by atoms with Crippen LogP contribution in [0.1, 0.15) is 39.0 Å². The summed E-state index contributed by atoms with van der Waals surface area (Å²) in [6.07, 6.45) is 5.74. The summed E-state index contributed by atoms with van der Waals surface area (Å²) >= 11 is 0. The molecule has 0 spiro atoms. The lowest BCUT2D eigenvalue weighted by Crippen LogP contribution is -2.35. The zero-order valence-corrected chi connectivity index (χ0v) is 9.41. The highest BCUT2D eigenvalue weighted by atomic mass is 16.4. The van der Waals surface area contributed by atoms with Gasteiger partial charge in [0.2, 0.25) is 0 Å². The lowest BCUT2D eigenvalue weighted by atomic mass is 9.96. The molecular weight excluding hydrogens is 190 g/mol. The number of carbonyl (C=O) groups is 1. The molecule has 2 fully saturated rings. The van der Waals surface area contributed by atoms with Gasteiger partial charge in [-0.2, -0.15) is 0 Å². The predicted molar refractivity (Wildman–Crippen MR) is 58.7 cm³/mol. The van der Waals surface area contributed by atoms with Crippen molar-refractivity contribution in [2.75, 3.05) is 6.54 Å². The molecule has 0 bridgehead atoms. The highest BCUT2D eigenvalue weighted by Crippen LogP contribution is 2.34. The van der Waals surface area contributed by atoms with Gasteiger partial charge in [0.1, 0.15) is 0 Å². The monoisotopic (exact) mass is 211 g/mol. The normalized spacial score (nSPS) is 32.9. The van der Waals surface area contributed by atoms with Gasteiger partial charge in [-0.05, 0) is 51.0 Å². The molecule has 15 heavy (non-hydrogen) atoms. The van der Waals surface area contributed by atoms with Crippen LogP contribution in [0.2, 0.25) is 0 Å². The first-order valence-corrected chi connectivity index (χ1v) is 6.14. The maximum atomic E-state index is 11.0. The molecule has 2 aliphatic carbocycles. The number of hydrogen-bond donors (Lipinski definition) is 2. The standard InChI is InChI=1S/C12H21NO2/c1-8(9-5-6-9)13-7-10-3-2-4-11(10)12(14)15/h8-11,13H,2-7H2,1H3,(H,14,15). The largest absolute Gasteiger partial charge is 0.481 e. The third-order valence-electron chi connectivity index (χ3n) is 4.01. The number of nitrogens with one attached hydrogen (secondary N) is 1. The van der Waals surface area contributed by atoms with Crippen LogP contribution >= 0.6 is 0 Å². The van der Waals surface area contributed by atoms with E-state index in [9.17, 15) is 4.79 Å². The Bertz CT molecular complexity index is 238. The van der Waals surface area contributed by atoms with Crippen LogP contribution in [-0.2, 0) is 4.79 Å². The number of carboxylic acid groups (broad SMARTS) is 1. The second-order valence-electron chi connectivity index (χ2n) is 5.17. The van der Waals surface area contributed by atoms with Crippen LogP contribution in [0.25, 0.3) is 0 Å². The first-order valence-electron chi connectivity index (χ1n) is 6.14. The van der Waals surface area contributed by atoms with Gasteiger partial charge < -0.3 is 10.4 Å². The van der Waals surface area contributed by atoms with Gasteiger partial charge in [0.25, 0.3) is 0 Å². The predicted octanol–water partition coefficient (Wildman–Crippen LogP) is 1.88. The van der Waals surface area contributed by atoms with Crippen molar-refractivity contribution in [3.8, 4) is 0 Å². The molecule has 0 amide bonds. The molecule has 2 N–H and O–H groups in total. The first-order chi connectivity index (χ1) is 7.18. The van der Waals surface area contributed by atoms with Crippen molar-refractivity contribution in [3.63, 3.8) is 0 Å². The summed E-state index contributed by atoms with van der Waals surface area (Å²) in [5.74, 6) is 0.528. The third-order valence-corrected chi connectivity index (χ3v) is 4.01. The number of rotatable bonds is 5. The van der Waals surface area contributed by atoms with Crippen LogP contribution in [0.4, 0.5) is 0 Å². The highest BCUT2D eigenvalue weighted by molar-refractivity contribution is 5.70. The second kappa shape index (κ2) is 4.52. The van der Waals surface area contributed by atoms with E-state index in [4.69, 9.17) is 5.11 Å². The van der Waals surface area contributed by atoms with E-state index >= 15 is 0 Å². The maximum Gasteiger partial charge on any atom is 0.306 e. The van der Waals surface area contributed by atoms with E-state index in [1.165, 1.54) is 12.8 Å². The van der Waals surface area contributed by atoms with Crippen molar-refractivity contribution >= 4 is 5.97 Å². The van der Waals surface area contributed by atoms with Crippen molar-refractivity contribution < 1.29 is 9.90 Å². The van der Waals surface area contributed by atoms with Gasteiger partial charge >= 0.3 is 5.97 Å². The highest BCUT2D eigenvalue weighted by Gasteiger charge is 2.34. The Morgan fingerprint density at radius 3 is 2.73 bits per heavy atom. The topological polar surface area (TPSA) is 49.3 Å². The molecular formula is C12H21NO2. The van der Waals surface area contributed by atoms with Crippen LogP contribution < -0.4 is 5.32 Å². The lowest BCUT2D eigenvalue weighted by Gasteiger charge is -2.19. The molecule has 3 unspecified atom stereocenters. The summed E-state index contributed by atoms with van der Waals surface area (Å²) in [5.41, 5.74) is 0. The van der Waals surface area contributed by atoms with Crippen molar-refractivity contribution in [1.29, 1.82) is 0 Å². The molecule has 0 radical (unpaired) electrons. The molecule has 0 aromatic carbocycles. The Morgan fingerprint density at radius 1 is 1.40 bits per heavy atom. The number of hydrogen-bond acceptors (Lipinski definition) is 2. The molecule has 2 rings (SSSR count). The Labute approximate surface area is 91.2 Å². The molecule has 3 heteroatoms. The van der Waals surface area contributed by atoms with Gasteiger partial charge in [-0.25, -0.2) is 0 Å². The van der Waals surface area contributed by atoms with E-state index in [2.05, 4.69) is 12.2 Å². The minimum absolute atomic E-state index is 0.0936. The molecule has 0 heterocycles. The lowest BCUT2D eigenvalue weighted by molar-refractivity contribution is -0.142. The van der Waals surface area contributed by atoms with E-state index in [0.29, 0.717) is 12.0 Å². The maximum absolute atomic E-state index is 11.0. The Kier molecular flexibility index (Phi) is 3.29. The first kappa shape index (κ1) is 10.9. The van der Waals surface area contributed by atoms with Crippen LogP contribution in [0.5, 0.6) is 0 Å². The van der Waals surface area contributed by atoms with E-state index < -0.39 is 5.97 Å². The summed E-state index contributed by atoms with van der Waals surface area (Å²) in [4.78, 5) is 11.0. The van der Waals surface area contributed by atoms with Gasteiger partial charge in [-0.1, -0.05) is 6.42 Å². The van der Waals surface area contributed by atoms with Crippen LogP contribution in [-0.4, -0.2) is 23.7 Å². The number of aliphatic carboxylic acids is 1. The van der Waals surface area contributed by atoms with Gasteiger partial charge in [0.15, 0.2) is 0 Å². The van der Waals surface area contributed by atoms with E-state index in [-0.39, 0.29) is 5.92 Å². The molecule has 3 atom stereocenters. The summed E-state index contributed by atoms with van der Waals surface area (Å²) in [6.45, 7) is 3.12. The minimum Gasteiger partial charge on any atom is -0.481 e. The van der Waals surface area contributed by atoms with Crippen molar-refractivity contribution in [3.05, 3.63) is 0 Å².